The van der Waals surface area contributed by atoms with Crippen LogP contribution in [0.3, 0.4) is 0 Å². The number of nitrogens with zero attached hydrogens (tertiary/aromatic N) is 3. The highest BCUT2D eigenvalue weighted by Crippen LogP contribution is 2.33. The molecule has 0 aliphatic carbocycles. The van der Waals surface area contributed by atoms with Gasteiger partial charge in [0.25, 0.3) is 0 Å². The SMILES string of the molecule is Cc1c(-c2ccccc2)c(Br)nn1C1CCN(C)C1. The Kier molecular flexibility index (Phi) is 3.46. The molecule has 1 aromatic heterocycles. The summed E-state index contributed by atoms with van der Waals surface area (Å²) >= 11 is 3.62. The van der Waals surface area contributed by atoms with E-state index in [2.05, 4.69) is 63.7 Å². The molecule has 1 aliphatic heterocycles. The third-order valence-electron chi connectivity index (χ3n) is 3.88. The Labute approximate surface area is 122 Å². The number of rotatable bonds is 2. The Bertz CT molecular complexity index is 577. The summed E-state index contributed by atoms with van der Waals surface area (Å²) in [6.45, 7) is 4.41. The van der Waals surface area contributed by atoms with E-state index in [1.165, 1.54) is 23.2 Å². The Morgan fingerprint density at radius 3 is 2.63 bits per heavy atom. The van der Waals surface area contributed by atoms with E-state index < -0.39 is 0 Å². The van der Waals surface area contributed by atoms with Gasteiger partial charge in [-0.15, -0.1) is 0 Å². The van der Waals surface area contributed by atoms with Gasteiger partial charge in [-0.3, -0.25) is 4.68 Å². The lowest BCUT2D eigenvalue weighted by Crippen LogP contribution is -2.17. The van der Waals surface area contributed by atoms with Crippen molar-refractivity contribution in [2.45, 2.75) is 19.4 Å². The molecule has 3 rings (SSSR count). The largest absolute Gasteiger partial charge is 0.304 e. The first-order chi connectivity index (χ1) is 9.16. The van der Waals surface area contributed by atoms with Crippen LogP contribution in [0.5, 0.6) is 0 Å². The lowest BCUT2D eigenvalue weighted by atomic mass is 10.1. The molecule has 3 nitrogen and oxygen atoms in total. The molecule has 0 spiro atoms. The lowest BCUT2D eigenvalue weighted by Gasteiger charge is -2.13. The number of halogens is 1. The average molecular weight is 320 g/mol. The first-order valence-electron chi connectivity index (χ1n) is 6.65. The Balaban J connectivity index is 2.01. The van der Waals surface area contributed by atoms with Crippen LogP contribution in [0.25, 0.3) is 11.1 Å². The van der Waals surface area contributed by atoms with Crippen LogP contribution in [-0.2, 0) is 0 Å². The van der Waals surface area contributed by atoms with Gasteiger partial charge in [0.2, 0.25) is 0 Å². The molecule has 0 amide bonds. The maximum absolute atomic E-state index is 4.71. The second-order valence-corrected chi connectivity index (χ2v) is 6.02. The van der Waals surface area contributed by atoms with Crippen molar-refractivity contribution in [2.24, 2.45) is 0 Å². The smallest absolute Gasteiger partial charge is 0.136 e. The minimum atomic E-state index is 0.499. The van der Waals surface area contributed by atoms with Crippen LogP contribution in [0, 0.1) is 6.92 Å². The molecule has 19 heavy (non-hydrogen) atoms. The molecule has 0 radical (unpaired) electrons. The zero-order chi connectivity index (χ0) is 13.4. The quantitative estimate of drug-likeness (QED) is 0.844. The summed E-state index contributed by atoms with van der Waals surface area (Å²) in [5.41, 5.74) is 3.69. The second kappa shape index (κ2) is 5.10. The number of benzene rings is 1. The molecule has 100 valence electrons. The van der Waals surface area contributed by atoms with Crippen molar-refractivity contribution in [3.63, 3.8) is 0 Å². The van der Waals surface area contributed by atoms with E-state index in [1.54, 1.807) is 0 Å². The van der Waals surface area contributed by atoms with Gasteiger partial charge < -0.3 is 4.90 Å². The highest BCUT2D eigenvalue weighted by Gasteiger charge is 2.25. The number of likely N-dealkylation sites (tertiary alicyclic amines) is 1. The minimum Gasteiger partial charge on any atom is -0.304 e. The van der Waals surface area contributed by atoms with E-state index in [1.807, 2.05) is 6.07 Å². The van der Waals surface area contributed by atoms with Crippen LogP contribution >= 0.6 is 15.9 Å². The van der Waals surface area contributed by atoms with Gasteiger partial charge in [0.1, 0.15) is 4.60 Å². The summed E-state index contributed by atoms with van der Waals surface area (Å²) in [6.07, 6.45) is 1.18. The zero-order valence-electron chi connectivity index (χ0n) is 11.3. The topological polar surface area (TPSA) is 21.1 Å². The van der Waals surface area contributed by atoms with Crippen molar-refractivity contribution < 1.29 is 0 Å². The van der Waals surface area contributed by atoms with E-state index in [9.17, 15) is 0 Å². The third-order valence-corrected chi connectivity index (χ3v) is 4.44. The van der Waals surface area contributed by atoms with Crippen LogP contribution < -0.4 is 0 Å². The van der Waals surface area contributed by atoms with Crippen molar-refractivity contribution in [3.8, 4) is 11.1 Å². The van der Waals surface area contributed by atoms with Gasteiger partial charge in [-0.25, -0.2) is 0 Å². The summed E-state index contributed by atoms with van der Waals surface area (Å²) in [4.78, 5) is 2.36. The van der Waals surface area contributed by atoms with Crippen molar-refractivity contribution in [3.05, 3.63) is 40.6 Å². The average Bonchev–Trinajstić information content (AvgIpc) is 2.95. The van der Waals surface area contributed by atoms with Gasteiger partial charge in [-0.1, -0.05) is 30.3 Å². The van der Waals surface area contributed by atoms with Gasteiger partial charge in [-0.2, -0.15) is 5.10 Å². The molecular formula is C15H18BrN3. The van der Waals surface area contributed by atoms with Crippen molar-refractivity contribution in [2.75, 3.05) is 20.1 Å². The predicted octanol–water partition coefficient (Wildman–Crippen LogP) is 3.50. The highest BCUT2D eigenvalue weighted by molar-refractivity contribution is 9.10. The van der Waals surface area contributed by atoms with E-state index in [-0.39, 0.29) is 0 Å². The minimum absolute atomic E-state index is 0.499. The Hall–Kier alpha value is -1.13. The fourth-order valence-corrected chi connectivity index (χ4v) is 3.57. The summed E-state index contributed by atoms with van der Waals surface area (Å²) < 4.78 is 3.14. The van der Waals surface area contributed by atoms with E-state index in [0.29, 0.717) is 6.04 Å². The molecule has 1 unspecified atom stereocenters. The fourth-order valence-electron chi connectivity index (χ4n) is 2.88. The molecule has 1 atom stereocenters. The number of hydrogen-bond acceptors (Lipinski definition) is 2. The maximum atomic E-state index is 4.71. The monoisotopic (exact) mass is 319 g/mol. The van der Waals surface area contributed by atoms with Gasteiger partial charge in [0.15, 0.2) is 0 Å². The maximum Gasteiger partial charge on any atom is 0.136 e. The molecule has 4 heteroatoms. The van der Waals surface area contributed by atoms with Gasteiger partial charge in [0, 0.05) is 17.8 Å². The normalized spacial score (nSPS) is 20.1. The molecule has 2 aromatic rings. The Morgan fingerprint density at radius 1 is 1.26 bits per heavy atom. The zero-order valence-corrected chi connectivity index (χ0v) is 12.9. The van der Waals surface area contributed by atoms with E-state index in [4.69, 9.17) is 5.10 Å². The molecule has 0 bridgehead atoms. The first kappa shape index (κ1) is 12.9. The molecule has 1 aromatic carbocycles. The van der Waals surface area contributed by atoms with Crippen LogP contribution in [0.1, 0.15) is 18.2 Å². The first-order valence-corrected chi connectivity index (χ1v) is 7.44. The van der Waals surface area contributed by atoms with Crippen LogP contribution in [0.2, 0.25) is 0 Å². The summed E-state index contributed by atoms with van der Waals surface area (Å²) in [5, 5.41) is 4.71. The van der Waals surface area contributed by atoms with Crippen LogP contribution in [0.15, 0.2) is 34.9 Å². The molecule has 2 heterocycles. The van der Waals surface area contributed by atoms with Gasteiger partial charge in [0.05, 0.1) is 6.04 Å². The summed E-state index contributed by atoms with van der Waals surface area (Å²) in [5.74, 6) is 0. The van der Waals surface area contributed by atoms with Crippen molar-refractivity contribution in [1.29, 1.82) is 0 Å². The van der Waals surface area contributed by atoms with E-state index in [0.717, 1.165) is 17.7 Å². The van der Waals surface area contributed by atoms with Gasteiger partial charge >= 0.3 is 0 Å². The molecular weight excluding hydrogens is 302 g/mol. The van der Waals surface area contributed by atoms with Crippen molar-refractivity contribution >= 4 is 15.9 Å². The second-order valence-electron chi connectivity index (χ2n) is 5.27. The standard InChI is InChI=1S/C15H18BrN3/c1-11-14(12-6-4-3-5-7-12)15(16)17-19(11)13-8-9-18(2)10-13/h3-7,13H,8-10H2,1-2H3. The molecule has 0 N–H and O–H groups in total. The fraction of sp³-hybridized carbons (Fsp3) is 0.400. The van der Waals surface area contributed by atoms with E-state index >= 15 is 0 Å². The predicted molar refractivity (Wildman–Crippen MR) is 81.3 cm³/mol. The lowest BCUT2D eigenvalue weighted by molar-refractivity contribution is 0.379. The molecule has 1 fully saturated rings. The number of aromatic nitrogens is 2. The highest BCUT2D eigenvalue weighted by atomic mass is 79.9. The number of hydrogen-bond donors (Lipinski definition) is 0. The summed E-state index contributed by atoms with van der Waals surface area (Å²) in [7, 11) is 2.17. The van der Waals surface area contributed by atoms with Crippen LogP contribution in [-0.4, -0.2) is 34.8 Å². The van der Waals surface area contributed by atoms with Gasteiger partial charge in [-0.05, 0) is 48.4 Å². The molecule has 1 aliphatic rings. The molecule has 0 saturated carbocycles. The third kappa shape index (κ3) is 2.35. The summed E-state index contributed by atoms with van der Waals surface area (Å²) in [6, 6.07) is 11.0. The van der Waals surface area contributed by atoms with Crippen molar-refractivity contribution in [1.82, 2.24) is 14.7 Å². The Morgan fingerprint density at radius 2 is 2.00 bits per heavy atom. The molecule has 1 saturated heterocycles. The number of likely N-dealkylation sites (N-methyl/N-ethyl adjacent to an activating group) is 1. The van der Waals surface area contributed by atoms with Crippen LogP contribution in [0.4, 0.5) is 0 Å².